The van der Waals surface area contributed by atoms with Gasteiger partial charge in [0.1, 0.15) is 0 Å². The van der Waals surface area contributed by atoms with Gasteiger partial charge in [-0.3, -0.25) is 14.6 Å². The van der Waals surface area contributed by atoms with E-state index >= 15 is 0 Å². The van der Waals surface area contributed by atoms with E-state index in [-0.39, 0.29) is 16.9 Å². The van der Waals surface area contributed by atoms with Crippen molar-refractivity contribution in [3.8, 4) is 0 Å². The lowest BCUT2D eigenvalue weighted by atomic mass is 10.1. The highest BCUT2D eigenvalue weighted by Gasteiger charge is 2.32. The molecule has 0 bridgehead atoms. The summed E-state index contributed by atoms with van der Waals surface area (Å²) >= 11 is 1.65. The monoisotopic (exact) mass is 329 g/mol. The fraction of sp³-hybridized carbons (Fsp3) is 0.412. The van der Waals surface area contributed by atoms with E-state index in [4.69, 9.17) is 4.74 Å². The Morgan fingerprint density at radius 2 is 2.00 bits per heavy atom. The predicted molar refractivity (Wildman–Crippen MR) is 92.8 cm³/mol. The van der Waals surface area contributed by atoms with Gasteiger partial charge in [-0.1, -0.05) is 42.1 Å². The van der Waals surface area contributed by atoms with Crippen molar-refractivity contribution in [1.82, 2.24) is 9.78 Å². The van der Waals surface area contributed by atoms with E-state index in [1.165, 1.54) is 0 Å². The van der Waals surface area contributed by atoms with Gasteiger partial charge in [0.25, 0.3) is 5.56 Å². The van der Waals surface area contributed by atoms with Crippen LogP contribution in [0.15, 0.2) is 40.1 Å². The normalized spacial score (nSPS) is 21.8. The molecule has 0 radical (unpaired) electrons. The predicted octanol–water partition coefficient (Wildman–Crippen LogP) is 3.41. The summed E-state index contributed by atoms with van der Waals surface area (Å²) in [5, 5.41) is 4.03. The maximum atomic E-state index is 12.6. The highest BCUT2D eigenvalue weighted by atomic mass is 32.2. The maximum Gasteiger partial charge on any atom is 0.271 e. The van der Waals surface area contributed by atoms with Gasteiger partial charge in [0, 0.05) is 13.2 Å². The number of hydrogen-bond acceptors (Lipinski definition) is 4. The summed E-state index contributed by atoms with van der Waals surface area (Å²) < 4.78 is 7.41. The lowest BCUT2D eigenvalue weighted by molar-refractivity contribution is 0.0666. The summed E-state index contributed by atoms with van der Waals surface area (Å²) in [7, 11) is 0. The zero-order valence-corrected chi connectivity index (χ0v) is 13.8. The molecule has 0 amide bonds. The molecule has 2 aliphatic heterocycles. The first kappa shape index (κ1) is 14.8. The van der Waals surface area contributed by atoms with Crippen molar-refractivity contribution >= 4 is 22.6 Å². The van der Waals surface area contributed by atoms with E-state index in [2.05, 4.69) is 22.2 Å². The van der Waals surface area contributed by atoms with E-state index < -0.39 is 0 Å². The third-order valence-electron chi connectivity index (χ3n) is 4.41. The second-order valence-electron chi connectivity index (χ2n) is 5.93. The van der Waals surface area contributed by atoms with Gasteiger partial charge in [-0.15, -0.1) is 0 Å². The Hall–Kier alpha value is -1.79. The number of aromatic amines is 1. The topological polar surface area (TPSA) is 59.4 Å². The molecule has 6 heteroatoms. The number of benzene rings is 1. The Labute approximate surface area is 138 Å². The molecule has 5 nitrogen and oxygen atoms in total. The van der Waals surface area contributed by atoms with Gasteiger partial charge in [0.05, 0.1) is 21.9 Å². The molecule has 1 saturated heterocycles. The van der Waals surface area contributed by atoms with Crippen LogP contribution in [0, 0.1) is 0 Å². The van der Waals surface area contributed by atoms with Crippen molar-refractivity contribution in [2.45, 2.75) is 31.1 Å². The number of aliphatic imine (C=N–C) groups is 1. The van der Waals surface area contributed by atoms with Crippen LogP contribution in [0.3, 0.4) is 0 Å². The smallest absolute Gasteiger partial charge is 0.271 e. The van der Waals surface area contributed by atoms with Gasteiger partial charge in [0.15, 0.2) is 5.82 Å². The summed E-state index contributed by atoms with van der Waals surface area (Å²) in [6.45, 7) is 3.48. The molecule has 120 valence electrons. The molecule has 4 rings (SSSR count). The fourth-order valence-electron chi connectivity index (χ4n) is 3.28. The average Bonchev–Trinajstić information content (AvgIpc) is 2.92. The van der Waals surface area contributed by atoms with Crippen molar-refractivity contribution in [3.05, 3.63) is 51.8 Å². The standard InChI is InChI=1S/C17H19N3O2S/c1-11-18-16-14(15(23-11)12-5-3-2-4-6-12)17(21)19-20(16)13-7-9-22-10-8-13/h2-6,13,15H,7-10H2,1H3,(H,19,21)/t15-/m0/s1. The molecule has 1 N–H and O–H groups in total. The number of ether oxygens (including phenoxy) is 1. The lowest BCUT2D eigenvalue weighted by Gasteiger charge is -2.26. The molecule has 1 fully saturated rings. The number of H-pyrrole nitrogens is 1. The second kappa shape index (κ2) is 6.02. The molecule has 0 aliphatic carbocycles. The van der Waals surface area contributed by atoms with Gasteiger partial charge < -0.3 is 4.74 Å². The van der Waals surface area contributed by atoms with Crippen LogP contribution in [0.4, 0.5) is 5.82 Å². The van der Waals surface area contributed by atoms with Gasteiger partial charge in [-0.05, 0) is 25.3 Å². The quantitative estimate of drug-likeness (QED) is 0.918. The SMILES string of the molecule is CC1=Nc2c(c(=O)[nH]n2C2CCOCC2)[C@H](c2ccccc2)S1. The van der Waals surface area contributed by atoms with Crippen LogP contribution >= 0.6 is 11.8 Å². The summed E-state index contributed by atoms with van der Waals surface area (Å²) in [6, 6.07) is 10.4. The molecule has 1 aromatic carbocycles. The molecule has 1 aromatic heterocycles. The van der Waals surface area contributed by atoms with Crippen LogP contribution < -0.4 is 5.56 Å². The number of nitrogens with zero attached hydrogens (tertiary/aromatic N) is 2. The molecule has 23 heavy (non-hydrogen) atoms. The van der Waals surface area contributed by atoms with Crippen LogP contribution in [-0.2, 0) is 4.74 Å². The highest BCUT2D eigenvalue weighted by Crippen LogP contribution is 2.44. The number of thioether (sulfide) groups is 1. The third kappa shape index (κ3) is 2.66. The Kier molecular flexibility index (Phi) is 3.87. The fourth-order valence-corrected chi connectivity index (χ4v) is 4.38. The second-order valence-corrected chi connectivity index (χ2v) is 7.23. The van der Waals surface area contributed by atoms with Crippen LogP contribution in [0.25, 0.3) is 0 Å². The van der Waals surface area contributed by atoms with E-state index in [1.54, 1.807) is 11.8 Å². The van der Waals surface area contributed by atoms with Gasteiger partial charge >= 0.3 is 0 Å². The van der Waals surface area contributed by atoms with Gasteiger partial charge in [-0.2, -0.15) is 0 Å². The van der Waals surface area contributed by atoms with Crippen molar-refractivity contribution in [1.29, 1.82) is 0 Å². The minimum absolute atomic E-state index is 0.00791. The summed E-state index contributed by atoms with van der Waals surface area (Å²) in [5.74, 6) is 0.798. The molecule has 2 aliphatic rings. The third-order valence-corrected chi connectivity index (χ3v) is 5.58. The lowest BCUT2D eigenvalue weighted by Crippen LogP contribution is -2.21. The maximum absolute atomic E-state index is 12.6. The summed E-state index contributed by atoms with van der Waals surface area (Å²) in [5.41, 5.74) is 1.89. The first-order chi connectivity index (χ1) is 11.2. The molecule has 0 saturated carbocycles. The zero-order chi connectivity index (χ0) is 15.8. The Balaban J connectivity index is 1.82. The van der Waals surface area contributed by atoms with Crippen LogP contribution in [0.5, 0.6) is 0 Å². The molecular weight excluding hydrogens is 310 g/mol. The molecule has 0 unspecified atom stereocenters. The van der Waals surface area contributed by atoms with E-state index in [1.807, 2.05) is 29.8 Å². The largest absolute Gasteiger partial charge is 0.381 e. The number of rotatable bonds is 2. The van der Waals surface area contributed by atoms with Crippen molar-refractivity contribution in [2.24, 2.45) is 4.99 Å². The Morgan fingerprint density at radius 3 is 2.74 bits per heavy atom. The molecule has 3 heterocycles. The molecule has 2 aromatic rings. The van der Waals surface area contributed by atoms with Crippen molar-refractivity contribution in [2.75, 3.05) is 13.2 Å². The van der Waals surface area contributed by atoms with E-state index in [0.29, 0.717) is 0 Å². The van der Waals surface area contributed by atoms with Crippen LogP contribution in [-0.4, -0.2) is 28.0 Å². The number of aromatic nitrogens is 2. The minimum atomic E-state index is -0.0240. The number of nitrogens with one attached hydrogen (secondary N) is 1. The summed E-state index contributed by atoms with van der Waals surface area (Å²) in [6.07, 6.45) is 1.82. The first-order valence-electron chi connectivity index (χ1n) is 7.93. The van der Waals surface area contributed by atoms with Crippen molar-refractivity contribution < 1.29 is 4.74 Å². The van der Waals surface area contributed by atoms with Gasteiger partial charge in [-0.25, -0.2) is 4.99 Å². The Morgan fingerprint density at radius 1 is 1.26 bits per heavy atom. The summed E-state index contributed by atoms with van der Waals surface area (Å²) in [4.78, 5) is 17.3. The minimum Gasteiger partial charge on any atom is -0.381 e. The van der Waals surface area contributed by atoms with Crippen LogP contribution in [0.2, 0.25) is 0 Å². The number of fused-ring (bicyclic) bond motifs is 1. The van der Waals surface area contributed by atoms with Gasteiger partial charge in [0.2, 0.25) is 0 Å². The van der Waals surface area contributed by atoms with E-state index in [0.717, 1.165) is 48.0 Å². The van der Waals surface area contributed by atoms with E-state index in [9.17, 15) is 4.79 Å². The first-order valence-corrected chi connectivity index (χ1v) is 8.81. The molecular formula is C17H19N3O2S. The highest BCUT2D eigenvalue weighted by molar-refractivity contribution is 8.14. The van der Waals surface area contributed by atoms with Crippen LogP contribution in [0.1, 0.15) is 42.2 Å². The molecule has 0 spiro atoms. The molecule has 1 atom stereocenters. The number of hydrogen-bond donors (Lipinski definition) is 1. The average molecular weight is 329 g/mol. The Bertz CT molecular complexity index is 788. The zero-order valence-electron chi connectivity index (χ0n) is 13.0. The van der Waals surface area contributed by atoms with Crippen molar-refractivity contribution in [3.63, 3.8) is 0 Å².